The summed E-state index contributed by atoms with van der Waals surface area (Å²) in [4.78, 5) is 16.4. The quantitative estimate of drug-likeness (QED) is 0.721. The van der Waals surface area contributed by atoms with Crippen molar-refractivity contribution < 1.29 is 18.3 Å². The van der Waals surface area contributed by atoms with Crippen LogP contribution < -0.4 is 10.1 Å². The minimum atomic E-state index is -2.87. The van der Waals surface area contributed by atoms with E-state index in [2.05, 4.69) is 11.4 Å². The molecule has 1 N–H and O–H groups in total. The number of methoxy groups -OCH3 is 1. The maximum absolute atomic E-state index is 13.6. The van der Waals surface area contributed by atoms with E-state index in [0.717, 1.165) is 43.0 Å². The molecule has 0 radical (unpaired) electrons. The molecule has 154 valence electrons. The van der Waals surface area contributed by atoms with E-state index in [4.69, 9.17) is 9.72 Å². The predicted octanol–water partition coefficient (Wildman–Crippen LogP) is 4.88. The van der Waals surface area contributed by atoms with Crippen LogP contribution in [0.4, 0.5) is 8.78 Å². The van der Waals surface area contributed by atoms with Gasteiger partial charge < -0.3 is 10.1 Å². The van der Waals surface area contributed by atoms with E-state index in [1.54, 1.807) is 19.2 Å². The van der Waals surface area contributed by atoms with Crippen LogP contribution in [0.2, 0.25) is 0 Å². The Bertz CT molecular complexity index is 889. The molecule has 1 aliphatic carbocycles. The number of ether oxygens (including phenoxy) is 1. The molecule has 4 nitrogen and oxygen atoms in total. The maximum Gasteiger partial charge on any atom is 0.270 e. The van der Waals surface area contributed by atoms with Gasteiger partial charge in [-0.25, -0.2) is 13.8 Å². The van der Waals surface area contributed by atoms with Gasteiger partial charge in [0.2, 0.25) is 11.8 Å². The molecular weight excluding hydrogens is 374 g/mol. The Morgan fingerprint density at radius 2 is 1.90 bits per heavy atom. The third kappa shape index (κ3) is 4.41. The molecule has 0 bridgehead atoms. The van der Waals surface area contributed by atoms with E-state index < -0.39 is 5.92 Å². The number of alkyl halides is 2. The summed E-state index contributed by atoms with van der Waals surface area (Å²) in [6.45, 7) is 0.899. The number of aromatic nitrogens is 1. The standard InChI is InChI=1S/C23H26F2N2O2/c1-23(24,25)16-7-5-15(6-8-16)19(13-17-9-12-21(28)26-17)20-11-10-18(14-3-4-14)22(27-20)29-2/h5-8,10-11,14,17,19H,3-4,9,12-13H2,1-2H3,(H,26,28)/t17-,19?/m1/s1. The Morgan fingerprint density at radius 3 is 2.45 bits per heavy atom. The van der Waals surface area contributed by atoms with Gasteiger partial charge in [0.1, 0.15) is 0 Å². The predicted molar refractivity (Wildman–Crippen MR) is 106 cm³/mol. The van der Waals surface area contributed by atoms with Crippen molar-refractivity contribution in [1.82, 2.24) is 10.3 Å². The van der Waals surface area contributed by atoms with Crippen molar-refractivity contribution in [3.8, 4) is 5.88 Å². The Kier molecular flexibility index (Phi) is 5.28. The lowest BCUT2D eigenvalue weighted by Crippen LogP contribution is -2.27. The van der Waals surface area contributed by atoms with Crippen molar-refractivity contribution in [2.24, 2.45) is 0 Å². The minimum absolute atomic E-state index is 0.0104. The number of pyridine rings is 1. The summed E-state index contributed by atoms with van der Waals surface area (Å²) in [5.74, 6) is -1.77. The molecule has 1 unspecified atom stereocenters. The zero-order chi connectivity index (χ0) is 20.6. The molecule has 1 saturated carbocycles. The second-order valence-corrected chi connectivity index (χ2v) is 8.21. The number of halogens is 2. The topological polar surface area (TPSA) is 51.2 Å². The van der Waals surface area contributed by atoms with Crippen molar-refractivity contribution in [2.45, 2.75) is 62.8 Å². The molecule has 6 heteroatoms. The number of nitrogens with one attached hydrogen (secondary N) is 1. The highest BCUT2D eigenvalue weighted by atomic mass is 19.3. The molecule has 2 aromatic rings. The van der Waals surface area contributed by atoms with Crippen LogP contribution in [0.15, 0.2) is 36.4 Å². The number of amides is 1. The van der Waals surface area contributed by atoms with Gasteiger partial charge in [0.05, 0.1) is 12.8 Å². The first-order valence-corrected chi connectivity index (χ1v) is 10.2. The Labute approximate surface area is 169 Å². The molecule has 2 fully saturated rings. The lowest BCUT2D eigenvalue weighted by Gasteiger charge is -2.23. The summed E-state index contributed by atoms with van der Waals surface area (Å²) in [7, 11) is 1.63. The van der Waals surface area contributed by atoms with Gasteiger partial charge in [0.25, 0.3) is 5.92 Å². The monoisotopic (exact) mass is 400 g/mol. The van der Waals surface area contributed by atoms with Crippen LogP contribution in [-0.4, -0.2) is 24.0 Å². The van der Waals surface area contributed by atoms with Crippen molar-refractivity contribution in [3.05, 3.63) is 58.8 Å². The lowest BCUT2D eigenvalue weighted by molar-refractivity contribution is -0.119. The Hall–Kier alpha value is -2.50. The fraction of sp³-hybridized carbons (Fsp3) is 0.478. The van der Waals surface area contributed by atoms with Crippen molar-refractivity contribution >= 4 is 5.91 Å². The van der Waals surface area contributed by atoms with E-state index in [1.807, 2.05) is 6.07 Å². The molecule has 1 saturated heterocycles. The number of benzene rings is 1. The highest BCUT2D eigenvalue weighted by Gasteiger charge is 2.31. The molecule has 1 amide bonds. The van der Waals surface area contributed by atoms with Gasteiger partial charge in [-0.3, -0.25) is 4.79 Å². The molecule has 1 aliphatic heterocycles. The highest BCUT2D eigenvalue weighted by Crippen LogP contribution is 2.44. The summed E-state index contributed by atoms with van der Waals surface area (Å²) < 4.78 is 32.8. The fourth-order valence-corrected chi connectivity index (χ4v) is 4.10. The van der Waals surface area contributed by atoms with E-state index in [0.29, 0.717) is 24.6 Å². The second-order valence-electron chi connectivity index (χ2n) is 8.21. The normalized spacial score (nSPS) is 20.4. The summed E-state index contributed by atoms with van der Waals surface area (Å²) in [5.41, 5.74) is 2.87. The smallest absolute Gasteiger partial charge is 0.270 e. The summed E-state index contributed by atoms with van der Waals surface area (Å²) in [5, 5.41) is 3.01. The van der Waals surface area contributed by atoms with Gasteiger partial charge in [-0.05, 0) is 43.2 Å². The largest absolute Gasteiger partial charge is 0.481 e. The van der Waals surface area contributed by atoms with Gasteiger partial charge in [-0.1, -0.05) is 30.3 Å². The van der Waals surface area contributed by atoms with Gasteiger partial charge in [0, 0.05) is 36.4 Å². The number of hydrogen-bond donors (Lipinski definition) is 1. The minimum Gasteiger partial charge on any atom is -0.481 e. The molecule has 1 aromatic carbocycles. The van der Waals surface area contributed by atoms with Gasteiger partial charge >= 0.3 is 0 Å². The SMILES string of the molecule is COc1nc(C(C[C@H]2CCC(=O)N2)c2ccc(C(C)(F)F)cc2)ccc1C1CC1. The summed E-state index contributed by atoms with van der Waals surface area (Å²) in [6.07, 6.45) is 4.28. The number of nitrogens with zero attached hydrogens (tertiary/aromatic N) is 1. The fourth-order valence-electron chi connectivity index (χ4n) is 4.10. The third-order valence-corrected chi connectivity index (χ3v) is 5.90. The number of carbonyl (C=O) groups excluding carboxylic acids is 1. The average molecular weight is 400 g/mol. The van der Waals surface area contributed by atoms with Gasteiger partial charge in [0.15, 0.2) is 0 Å². The molecule has 0 spiro atoms. The van der Waals surface area contributed by atoms with Crippen LogP contribution in [0.1, 0.15) is 73.2 Å². The number of rotatable bonds is 7. The van der Waals surface area contributed by atoms with E-state index in [1.165, 1.54) is 12.1 Å². The van der Waals surface area contributed by atoms with E-state index in [-0.39, 0.29) is 23.4 Å². The summed E-state index contributed by atoms with van der Waals surface area (Å²) >= 11 is 0. The molecule has 2 atom stereocenters. The molecule has 29 heavy (non-hydrogen) atoms. The first-order valence-electron chi connectivity index (χ1n) is 10.2. The zero-order valence-corrected chi connectivity index (χ0v) is 16.8. The molecule has 4 rings (SSSR count). The Balaban J connectivity index is 1.67. The van der Waals surface area contributed by atoms with Crippen LogP contribution in [0.3, 0.4) is 0 Å². The van der Waals surface area contributed by atoms with Crippen LogP contribution in [-0.2, 0) is 10.7 Å². The molecule has 1 aromatic heterocycles. The first-order chi connectivity index (χ1) is 13.8. The zero-order valence-electron chi connectivity index (χ0n) is 16.8. The van der Waals surface area contributed by atoms with Crippen LogP contribution >= 0.6 is 0 Å². The van der Waals surface area contributed by atoms with E-state index >= 15 is 0 Å². The van der Waals surface area contributed by atoms with Crippen molar-refractivity contribution in [1.29, 1.82) is 0 Å². The lowest BCUT2D eigenvalue weighted by atomic mass is 9.87. The first kappa shape index (κ1) is 19.8. The Morgan fingerprint density at radius 1 is 1.17 bits per heavy atom. The average Bonchev–Trinajstić information content (AvgIpc) is 3.46. The highest BCUT2D eigenvalue weighted by molar-refractivity contribution is 5.78. The third-order valence-electron chi connectivity index (χ3n) is 5.90. The van der Waals surface area contributed by atoms with Crippen molar-refractivity contribution in [2.75, 3.05) is 7.11 Å². The van der Waals surface area contributed by atoms with Crippen LogP contribution in [0.5, 0.6) is 5.88 Å². The maximum atomic E-state index is 13.6. The van der Waals surface area contributed by atoms with Gasteiger partial charge in [-0.15, -0.1) is 0 Å². The molecular formula is C23H26F2N2O2. The number of hydrogen-bond acceptors (Lipinski definition) is 3. The van der Waals surface area contributed by atoms with Crippen molar-refractivity contribution in [3.63, 3.8) is 0 Å². The van der Waals surface area contributed by atoms with Gasteiger partial charge in [-0.2, -0.15) is 0 Å². The van der Waals surface area contributed by atoms with Crippen LogP contribution in [0, 0.1) is 0 Å². The van der Waals surface area contributed by atoms with E-state index in [9.17, 15) is 13.6 Å². The number of carbonyl (C=O) groups is 1. The molecule has 2 aliphatic rings. The second kappa shape index (κ2) is 7.73. The van der Waals surface area contributed by atoms with Crippen LogP contribution in [0.25, 0.3) is 0 Å². The summed E-state index contributed by atoms with van der Waals surface area (Å²) in [6, 6.07) is 10.6. The molecule has 2 heterocycles.